The predicted octanol–water partition coefficient (Wildman–Crippen LogP) is 3.38. The zero-order valence-corrected chi connectivity index (χ0v) is 10.9. The highest BCUT2D eigenvalue weighted by atomic mass is 19.1. The van der Waals surface area contributed by atoms with Crippen molar-refractivity contribution in [3.8, 4) is 5.75 Å². The zero-order valence-electron chi connectivity index (χ0n) is 10.9. The largest absolute Gasteiger partial charge is 0.492 e. The molecule has 0 aliphatic carbocycles. The fourth-order valence-corrected chi connectivity index (χ4v) is 1.67. The lowest BCUT2D eigenvalue weighted by Crippen LogP contribution is -2.06. The summed E-state index contributed by atoms with van der Waals surface area (Å²) in [6.45, 7) is 2.44. The molecule has 0 N–H and O–H groups in total. The second kappa shape index (κ2) is 6.23. The minimum atomic E-state index is -0.767. The molecule has 20 heavy (non-hydrogen) atoms. The normalized spacial score (nSPS) is 10.3. The van der Waals surface area contributed by atoms with Gasteiger partial charge in [0, 0.05) is 11.8 Å². The van der Waals surface area contributed by atoms with Gasteiger partial charge < -0.3 is 4.74 Å². The molecule has 0 saturated carbocycles. The van der Waals surface area contributed by atoms with Gasteiger partial charge in [-0.15, -0.1) is 0 Å². The lowest BCUT2D eigenvalue weighted by Gasteiger charge is -2.06. The van der Waals surface area contributed by atoms with Crippen molar-refractivity contribution in [1.82, 2.24) is 4.98 Å². The molecule has 2 aromatic rings. The Kier molecular flexibility index (Phi) is 4.40. The SMILES string of the molecule is CCCOc1cncc(C(=O)c2cc(F)ccc2F)c1. The molecule has 1 aromatic carbocycles. The van der Waals surface area contributed by atoms with Crippen molar-refractivity contribution in [2.24, 2.45) is 0 Å². The second-order valence-corrected chi connectivity index (χ2v) is 4.21. The quantitative estimate of drug-likeness (QED) is 0.786. The summed E-state index contributed by atoms with van der Waals surface area (Å²) >= 11 is 0. The van der Waals surface area contributed by atoms with Crippen molar-refractivity contribution in [2.75, 3.05) is 6.61 Å². The number of aromatic nitrogens is 1. The number of hydrogen-bond acceptors (Lipinski definition) is 3. The molecule has 0 bridgehead atoms. The predicted molar refractivity (Wildman–Crippen MR) is 69.8 cm³/mol. The summed E-state index contributed by atoms with van der Waals surface area (Å²) in [6, 6.07) is 4.23. The number of pyridine rings is 1. The van der Waals surface area contributed by atoms with E-state index in [0.29, 0.717) is 12.4 Å². The van der Waals surface area contributed by atoms with Gasteiger partial charge in [0.2, 0.25) is 0 Å². The first kappa shape index (κ1) is 14.1. The Labute approximate surface area is 115 Å². The highest BCUT2D eigenvalue weighted by molar-refractivity contribution is 6.09. The number of ether oxygens (including phenoxy) is 1. The van der Waals surface area contributed by atoms with E-state index in [0.717, 1.165) is 24.6 Å². The summed E-state index contributed by atoms with van der Waals surface area (Å²) in [6.07, 6.45) is 3.58. The van der Waals surface area contributed by atoms with E-state index >= 15 is 0 Å². The number of carbonyl (C=O) groups is 1. The molecule has 5 heteroatoms. The summed E-state index contributed by atoms with van der Waals surface area (Å²) in [4.78, 5) is 16.0. The van der Waals surface area contributed by atoms with Crippen LogP contribution in [0.2, 0.25) is 0 Å². The molecule has 3 nitrogen and oxygen atoms in total. The van der Waals surface area contributed by atoms with Crippen LogP contribution in [0, 0.1) is 11.6 Å². The molecule has 2 rings (SSSR count). The number of carbonyl (C=O) groups excluding carboxylic acids is 1. The molecule has 104 valence electrons. The first-order chi connectivity index (χ1) is 9.61. The molecular weight excluding hydrogens is 264 g/mol. The summed E-state index contributed by atoms with van der Waals surface area (Å²) in [5.41, 5.74) is -0.164. The molecule has 0 spiro atoms. The number of rotatable bonds is 5. The van der Waals surface area contributed by atoms with Gasteiger partial charge in [-0.3, -0.25) is 9.78 Å². The Morgan fingerprint density at radius 3 is 2.80 bits per heavy atom. The van der Waals surface area contributed by atoms with Gasteiger partial charge in [0.1, 0.15) is 17.4 Å². The number of halogens is 2. The zero-order chi connectivity index (χ0) is 14.5. The van der Waals surface area contributed by atoms with Gasteiger partial charge in [0.25, 0.3) is 0 Å². The van der Waals surface area contributed by atoms with Crippen LogP contribution in [-0.2, 0) is 0 Å². The fourth-order valence-electron chi connectivity index (χ4n) is 1.67. The molecule has 0 amide bonds. The van der Waals surface area contributed by atoms with Crippen LogP contribution >= 0.6 is 0 Å². The highest BCUT2D eigenvalue weighted by Crippen LogP contribution is 2.18. The monoisotopic (exact) mass is 277 g/mol. The van der Waals surface area contributed by atoms with E-state index in [1.54, 1.807) is 0 Å². The Hall–Kier alpha value is -2.30. The van der Waals surface area contributed by atoms with Crippen molar-refractivity contribution in [1.29, 1.82) is 0 Å². The van der Waals surface area contributed by atoms with Crippen LogP contribution < -0.4 is 4.74 Å². The first-order valence-corrected chi connectivity index (χ1v) is 6.19. The summed E-state index contributed by atoms with van der Waals surface area (Å²) in [5.74, 6) is -1.64. The average molecular weight is 277 g/mol. The molecule has 1 heterocycles. The maximum absolute atomic E-state index is 13.6. The van der Waals surface area contributed by atoms with Crippen LogP contribution in [-0.4, -0.2) is 17.4 Å². The van der Waals surface area contributed by atoms with Crippen molar-refractivity contribution >= 4 is 5.78 Å². The third-order valence-electron chi connectivity index (χ3n) is 2.62. The van der Waals surface area contributed by atoms with E-state index in [4.69, 9.17) is 4.74 Å². The topological polar surface area (TPSA) is 39.2 Å². The summed E-state index contributed by atoms with van der Waals surface area (Å²) in [7, 11) is 0. The van der Waals surface area contributed by atoms with Crippen LogP contribution in [0.15, 0.2) is 36.7 Å². The van der Waals surface area contributed by atoms with Crippen molar-refractivity contribution in [2.45, 2.75) is 13.3 Å². The van der Waals surface area contributed by atoms with Gasteiger partial charge in [-0.2, -0.15) is 0 Å². The molecular formula is C15H13F2NO2. The number of nitrogens with zero attached hydrogens (tertiary/aromatic N) is 1. The van der Waals surface area contributed by atoms with Crippen molar-refractivity contribution in [3.05, 3.63) is 59.4 Å². The van der Waals surface area contributed by atoms with E-state index in [2.05, 4.69) is 4.98 Å². The van der Waals surface area contributed by atoms with Crippen molar-refractivity contribution < 1.29 is 18.3 Å². The fraction of sp³-hybridized carbons (Fsp3) is 0.200. The number of ketones is 1. The third-order valence-corrected chi connectivity index (χ3v) is 2.62. The first-order valence-electron chi connectivity index (χ1n) is 6.19. The van der Waals surface area contributed by atoms with Gasteiger partial charge in [0.15, 0.2) is 5.78 Å². The highest BCUT2D eigenvalue weighted by Gasteiger charge is 2.16. The molecule has 0 atom stereocenters. The van der Waals surface area contributed by atoms with Gasteiger partial charge >= 0.3 is 0 Å². The van der Waals surface area contributed by atoms with Gasteiger partial charge in [-0.25, -0.2) is 8.78 Å². The number of hydrogen-bond donors (Lipinski definition) is 0. The smallest absolute Gasteiger partial charge is 0.197 e. The van der Waals surface area contributed by atoms with E-state index in [-0.39, 0.29) is 11.1 Å². The van der Waals surface area contributed by atoms with Crippen molar-refractivity contribution in [3.63, 3.8) is 0 Å². The van der Waals surface area contributed by atoms with E-state index in [9.17, 15) is 13.6 Å². The van der Waals surface area contributed by atoms with Crippen LogP contribution in [0.5, 0.6) is 5.75 Å². The molecule has 0 radical (unpaired) electrons. The van der Waals surface area contributed by atoms with Crippen LogP contribution in [0.4, 0.5) is 8.78 Å². The van der Waals surface area contributed by atoms with Crippen LogP contribution in [0.25, 0.3) is 0 Å². The summed E-state index contributed by atoms with van der Waals surface area (Å²) in [5, 5.41) is 0. The van der Waals surface area contributed by atoms with Crippen LogP contribution in [0.1, 0.15) is 29.3 Å². The minimum Gasteiger partial charge on any atom is -0.492 e. The summed E-state index contributed by atoms with van der Waals surface area (Å²) < 4.78 is 32.0. The molecule has 0 aliphatic heterocycles. The van der Waals surface area contributed by atoms with Gasteiger partial charge in [-0.1, -0.05) is 6.92 Å². The molecule has 0 saturated heterocycles. The standard InChI is InChI=1S/C15H13F2NO2/c1-2-5-20-12-6-10(8-18-9-12)15(19)13-7-11(16)3-4-14(13)17/h3-4,6-9H,2,5H2,1H3. The number of benzene rings is 1. The Morgan fingerprint density at radius 2 is 2.05 bits per heavy atom. The maximum Gasteiger partial charge on any atom is 0.197 e. The minimum absolute atomic E-state index is 0.156. The van der Waals surface area contributed by atoms with Gasteiger partial charge in [-0.05, 0) is 30.7 Å². The molecule has 0 fully saturated rings. The average Bonchev–Trinajstić information content (AvgIpc) is 2.47. The van der Waals surface area contributed by atoms with E-state index in [1.165, 1.54) is 18.5 Å². The molecule has 0 aliphatic rings. The van der Waals surface area contributed by atoms with E-state index in [1.807, 2.05) is 6.92 Å². The molecule has 1 aromatic heterocycles. The Morgan fingerprint density at radius 1 is 1.25 bits per heavy atom. The Bertz CT molecular complexity index is 629. The lowest BCUT2D eigenvalue weighted by atomic mass is 10.0. The third kappa shape index (κ3) is 3.17. The van der Waals surface area contributed by atoms with Gasteiger partial charge in [0.05, 0.1) is 18.4 Å². The Balaban J connectivity index is 2.31. The lowest BCUT2D eigenvalue weighted by molar-refractivity contribution is 0.103. The van der Waals surface area contributed by atoms with Crippen LogP contribution in [0.3, 0.4) is 0 Å². The maximum atomic E-state index is 13.6. The molecule has 0 unspecified atom stereocenters. The second-order valence-electron chi connectivity index (χ2n) is 4.21. The van der Waals surface area contributed by atoms with E-state index < -0.39 is 17.4 Å².